The Morgan fingerprint density at radius 2 is 1.31 bits per heavy atom. The van der Waals surface area contributed by atoms with Crippen molar-refractivity contribution in [3.63, 3.8) is 0 Å². The van der Waals surface area contributed by atoms with Gasteiger partial charge in [0.15, 0.2) is 0 Å². The van der Waals surface area contributed by atoms with E-state index in [0.717, 1.165) is 12.8 Å². The molecule has 0 aromatic heterocycles. The number of likely N-dealkylation sites (N-methyl/N-ethyl adjacent to an activating group) is 2. The largest absolute Gasteiger partial charge is 0.370 e. The Balaban J connectivity index is 1.40. The van der Waals surface area contributed by atoms with E-state index in [4.69, 9.17) is 0 Å². The number of likely N-dealkylation sites (tertiary alicyclic amines) is 1. The maximum absolute atomic E-state index is 2.50. The van der Waals surface area contributed by atoms with Gasteiger partial charge >= 0.3 is 0 Å². The lowest BCUT2D eigenvalue weighted by atomic mass is 9.74. The van der Waals surface area contributed by atoms with Gasteiger partial charge in [-0.25, -0.2) is 0 Å². The molecule has 4 aliphatic rings. The molecule has 3 aromatic carbocycles. The molecule has 0 N–H and O–H groups in total. The van der Waals surface area contributed by atoms with E-state index in [-0.39, 0.29) is 10.8 Å². The van der Waals surface area contributed by atoms with Crippen LogP contribution in [0.5, 0.6) is 0 Å². The van der Waals surface area contributed by atoms with Gasteiger partial charge in [0.25, 0.3) is 0 Å². The van der Waals surface area contributed by atoms with Crippen LogP contribution in [-0.2, 0) is 5.41 Å². The van der Waals surface area contributed by atoms with E-state index in [1.807, 2.05) is 0 Å². The molecule has 3 aromatic rings. The monoisotopic (exact) mass is 632 g/mol. The number of nitrogens with zero attached hydrogens (tertiary/aromatic N) is 3. The molecule has 2 heterocycles. The standard InChI is InChI=1S/C45H50N3/c1-31-19-25-39-37(29-31)44(3,4)41(46(39)7)27-23-33-21-22-34(24-28-42-45(5,6)38-30-32(2)20-26-40(38)47(42)8)43(33)48(35-15-11-9-12-16-35)36-17-13-10-14-18-36/h9-20,23-30,37,39H,21-22H2,1-8H3/q+1. The van der Waals surface area contributed by atoms with E-state index in [1.54, 1.807) is 0 Å². The van der Waals surface area contributed by atoms with Crippen LogP contribution in [0.1, 0.15) is 58.6 Å². The Morgan fingerprint density at radius 3 is 1.92 bits per heavy atom. The number of hydrogen-bond acceptors (Lipinski definition) is 2. The lowest BCUT2D eigenvalue weighted by Gasteiger charge is -2.28. The Hall–Kier alpha value is -4.63. The normalized spacial score (nSPS) is 25.8. The molecule has 3 nitrogen and oxygen atoms in total. The highest BCUT2D eigenvalue weighted by Crippen LogP contribution is 2.50. The number of anilines is 1. The van der Waals surface area contributed by atoms with Crippen LogP contribution in [0.3, 0.4) is 0 Å². The SMILES string of the molecule is CC1=CC2C(C=C1)N(C)/C(=C/C=C1\CCC(=CC=C3N(C)c4ccc(C)cc4C3(C)C)C1=[N+](c1ccccc1)c1ccccc1)C2(C)C. The first-order valence-electron chi connectivity index (χ1n) is 17.5. The van der Waals surface area contributed by atoms with Crippen molar-refractivity contribution in [2.24, 2.45) is 11.3 Å². The molecule has 2 aliphatic carbocycles. The van der Waals surface area contributed by atoms with Gasteiger partial charge in [0.05, 0.1) is 6.04 Å². The predicted molar refractivity (Wildman–Crippen MR) is 205 cm³/mol. The number of hydrogen-bond donors (Lipinski definition) is 0. The second-order valence-corrected chi connectivity index (χ2v) is 15.2. The van der Waals surface area contributed by atoms with Crippen LogP contribution in [-0.4, -0.2) is 30.7 Å². The fourth-order valence-electron chi connectivity index (χ4n) is 8.63. The molecule has 0 radical (unpaired) electrons. The third-order valence-electron chi connectivity index (χ3n) is 11.3. The van der Waals surface area contributed by atoms with Gasteiger partial charge in [-0.15, -0.1) is 0 Å². The van der Waals surface area contributed by atoms with Crippen LogP contribution in [0.2, 0.25) is 0 Å². The molecular weight excluding hydrogens is 583 g/mol. The van der Waals surface area contributed by atoms with Crippen molar-refractivity contribution >= 4 is 22.8 Å². The minimum absolute atomic E-state index is 0.0366. The summed E-state index contributed by atoms with van der Waals surface area (Å²) in [6, 6.07) is 29.0. The molecule has 244 valence electrons. The van der Waals surface area contributed by atoms with Gasteiger partial charge in [-0.2, -0.15) is 4.58 Å². The summed E-state index contributed by atoms with van der Waals surface area (Å²) in [5.74, 6) is 0.469. The van der Waals surface area contributed by atoms with Crippen molar-refractivity contribution in [2.45, 2.75) is 65.8 Å². The summed E-state index contributed by atoms with van der Waals surface area (Å²) < 4.78 is 2.47. The van der Waals surface area contributed by atoms with Crippen molar-refractivity contribution in [3.8, 4) is 0 Å². The average Bonchev–Trinajstić information content (AvgIpc) is 3.61. The second-order valence-electron chi connectivity index (χ2n) is 15.2. The van der Waals surface area contributed by atoms with Crippen LogP contribution in [0.15, 0.2) is 150 Å². The molecule has 0 bridgehead atoms. The molecule has 2 fully saturated rings. The Kier molecular flexibility index (Phi) is 8.06. The van der Waals surface area contributed by atoms with Crippen LogP contribution in [0.4, 0.5) is 17.1 Å². The molecule has 2 atom stereocenters. The summed E-state index contributed by atoms with van der Waals surface area (Å²) in [5.41, 5.74) is 14.4. The average molecular weight is 633 g/mol. The van der Waals surface area contributed by atoms with Gasteiger partial charge in [-0.05, 0) is 50.5 Å². The summed E-state index contributed by atoms with van der Waals surface area (Å²) >= 11 is 0. The molecule has 2 aliphatic heterocycles. The van der Waals surface area contributed by atoms with E-state index < -0.39 is 0 Å². The van der Waals surface area contributed by atoms with Crippen molar-refractivity contribution in [1.29, 1.82) is 0 Å². The van der Waals surface area contributed by atoms with Gasteiger partial charge in [0.2, 0.25) is 17.1 Å². The van der Waals surface area contributed by atoms with Gasteiger partial charge in [0, 0.05) is 83.3 Å². The Labute approximate surface area is 288 Å². The predicted octanol–water partition coefficient (Wildman–Crippen LogP) is 10.6. The lowest BCUT2D eigenvalue weighted by molar-refractivity contribution is 0.342. The summed E-state index contributed by atoms with van der Waals surface area (Å²) in [5, 5.41) is 0. The number of aryl methyl sites for hydroxylation is 1. The summed E-state index contributed by atoms with van der Waals surface area (Å²) in [6.45, 7) is 14.0. The van der Waals surface area contributed by atoms with Crippen molar-refractivity contribution in [3.05, 3.63) is 161 Å². The fourth-order valence-corrected chi connectivity index (χ4v) is 8.63. The highest BCUT2D eigenvalue weighted by atomic mass is 15.2. The van der Waals surface area contributed by atoms with Gasteiger partial charge in [-0.1, -0.05) is 118 Å². The molecule has 0 amide bonds. The van der Waals surface area contributed by atoms with E-state index in [1.165, 1.54) is 62.0 Å². The van der Waals surface area contributed by atoms with Crippen LogP contribution in [0.25, 0.3) is 0 Å². The second kappa shape index (κ2) is 12.1. The highest BCUT2D eigenvalue weighted by molar-refractivity contribution is 6.17. The minimum Gasteiger partial charge on any atom is -0.370 e. The van der Waals surface area contributed by atoms with E-state index >= 15 is 0 Å². The third-order valence-corrected chi connectivity index (χ3v) is 11.3. The zero-order chi connectivity index (χ0) is 33.8. The maximum atomic E-state index is 2.50. The van der Waals surface area contributed by atoms with Gasteiger partial charge in [0.1, 0.15) is 0 Å². The van der Waals surface area contributed by atoms with Gasteiger partial charge < -0.3 is 9.80 Å². The molecule has 48 heavy (non-hydrogen) atoms. The van der Waals surface area contributed by atoms with Crippen LogP contribution in [0, 0.1) is 18.3 Å². The molecule has 1 saturated carbocycles. The smallest absolute Gasteiger partial charge is 0.218 e. The van der Waals surface area contributed by atoms with E-state index in [2.05, 4.69) is 191 Å². The first-order valence-corrected chi connectivity index (χ1v) is 17.5. The van der Waals surface area contributed by atoms with Crippen LogP contribution >= 0.6 is 0 Å². The minimum atomic E-state index is -0.0791. The molecule has 0 spiro atoms. The Morgan fingerprint density at radius 1 is 0.729 bits per heavy atom. The van der Waals surface area contributed by atoms with E-state index in [9.17, 15) is 0 Å². The summed E-state index contributed by atoms with van der Waals surface area (Å²) in [4.78, 5) is 4.89. The number of allylic oxidation sites excluding steroid dienone is 10. The molecular formula is C45H50N3+. The van der Waals surface area contributed by atoms with Crippen molar-refractivity contribution in [2.75, 3.05) is 19.0 Å². The topological polar surface area (TPSA) is 9.49 Å². The molecule has 3 heteroatoms. The fraction of sp³-hybridized carbons (Fsp3) is 0.311. The van der Waals surface area contributed by atoms with Crippen molar-refractivity contribution in [1.82, 2.24) is 9.48 Å². The highest BCUT2D eigenvalue weighted by Gasteiger charge is 2.47. The van der Waals surface area contributed by atoms with Gasteiger partial charge in [-0.3, -0.25) is 0 Å². The van der Waals surface area contributed by atoms with Crippen LogP contribution < -0.4 is 9.48 Å². The first-order chi connectivity index (χ1) is 23.0. The Bertz CT molecular complexity index is 1920. The third kappa shape index (κ3) is 5.34. The summed E-state index contributed by atoms with van der Waals surface area (Å²) in [7, 11) is 4.49. The number of para-hydroxylation sites is 2. The molecule has 2 unspecified atom stereocenters. The van der Waals surface area contributed by atoms with Crippen molar-refractivity contribution < 1.29 is 0 Å². The maximum Gasteiger partial charge on any atom is 0.218 e. The van der Waals surface area contributed by atoms with E-state index in [0.29, 0.717) is 12.0 Å². The lowest BCUT2D eigenvalue weighted by Crippen LogP contribution is -2.28. The number of benzene rings is 3. The summed E-state index contributed by atoms with van der Waals surface area (Å²) in [6.07, 6.45) is 18.8. The zero-order valence-corrected chi connectivity index (χ0v) is 30.0. The number of fused-ring (bicyclic) bond motifs is 2. The number of rotatable bonds is 4. The zero-order valence-electron chi connectivity index (χ0n) is 30.0. The molecule has 7 rings (SSSR count). The molecule has 1 saturated heterocycles. The quantitative estimate of drug-likeness (QED) is 0.265. The first kappa shape index (κ1) is 31.9.